The molecule has 0 aromatic heterocycles. The minimum atomic E-state index is -0.730. The first-order valence-corrected chi connectivity index (χ1v) is 13.2. The van der Waals surface area contributed by atoms with Crippen molar-refractivity contribution >= 4 is 17.8 Å². The number of rotatable bonds is 10. The van der Waals surface area contributed by atoms with Crippen LogP contribution in [0.15, 0.2) is 102 Å². The maximum Gasteiger partial charge on any atom is 0.290 e. The summed E-state index contributed by atoms with van der Waals surface area (Å²) < 4.78 is 11.5. The highest BCUT2D eigenvalue weighted by atomic mass is 16.5. The first kappa shape index (κ1) is 26.4. The van der Waals surface area contributed by atoms with Crippen LogP contribution < -0.4 is 4.74 Å². The van der Waals surface area contributed by atoms with Gasteiger partial charge in [0, 0.05) is 26.2 Å². The first-order valence-electron chi connectivity index (χ1n) is 13.2. The average molecular weight is 525 g/mol. The number of hydrogen-bond acceptors (Lipinski definition) is 6. The van der Waals surface area contributed by atoms with Gasteiger partial charge in [0.15, 0.2) is 11.5 Å². The van der Waals surface area contributed by atoms with E-state index in [0.29, 0.717) is 44.2 Å². The zero-order chi connectivity index (χ0) is 27.0. The number of amides is 1. The Kier molecular flexibility index (Phi) is 8.51. The molecule has 0 radical (unpaired) electrons. The number of benzene rings is 3. The van der Waals surface area contributed by atoms with Gasteiger partial charge in [-0.1, -0.05) is 78.9 Å². The minimum absolute atomic E-state index is 0.0781. The van der Waals surface area contributed by atoms with E-state index in [0.717, 1.165) is 24.2 Å². The van der Waals surface area contributed by atoms with Crippen LogP contribution in [-0.2, 0) is 20.9 Å². The molecule has 3 aromatic rings. The molecule has 0 saturated carbocycles. The van der Waals surface area contributed by atoms with E-state index in [9.17, 15) is 14.7 Å². The van der Waals surface area contributed by atoms with Gasteiger partial charge in [0.2, 0.25) is 0 Å². The number of ether oxygens (including phenoxy) is 2. The molecule has 1 saturated heterocycles. The number of hydrogen-bond donors (Lipinski definition) is 1. The third-order valence-corrected chi connectivity index (χ3v) is 6.98. The lowest BCUT2D eigenvalue weighted by Gasteiger charge is -2.31. The van der Waals surface area contributed by atoms with Gasteiger partial charge in [-0.2, -0.15) is 0 Å². The summed E-state index contributed by atoms with van der Waals surface area (Å²) in [6.07, 6.45) is 3.11. The molecule has 2 aliphatic heterocycles. The summed E-state index contributed by atoms with van der Waals surface area (Å²) in [5.74, 6) is -0.824. The number of aliphatic hydroxyl groups excluding tert-OH is 1. The average Bonchev–Trinajstić information content (AvgIpc) is 3.24. The standard InChI is InChI=1S/C32H32N2O5/c35-28(15-14-24-8-3-1-4-9-24)29-30(34(32(37)31(29)36)17-16-33-18-20-38-21-19-33)26-12-7-13-27(22-26)39-23-25-10-5-2-6-11-25/h1-15,22,30,36H,16-21,23H2. The summed E-state index contributed by atoms with van der Waals surface area (Å²) in [5, 5.41) is 11.0. The first-order chi connectivity index (χ1) is 19.1. The molecule has 0 aliphatic carbocycles. The van der Waals surface area contributed by atoms with E-state index in [4.69, 9.17) is 9.47 Å². The molecule has 2 heterocycles. The molecule has 0 spiro atoms. The second-order valence-corrected chi connectivity index (χ2v) is 9.57. The lowest BCUT2D eigenvalue weighted by molar-refractivity contribution is -0.129. The molecule has 200 valence electrons. The van der Waals surface area contributed by atoms with E-state index >= 15 is 0 Å². The van der Waals surface area contributed by atoms with E-state index in [1.807, 2.05) is 84.9 Å². The van der Waals surface area contributed by atoms with E-state index in [1.54, 1.807) is 11.0 Å². The highest BCUT2D eigenvalue weighted by Gasteiger charge is 2.43. The second-order valence-electron chi connectivity index (χ2n) is 9.57. The Hall–Kier alpha value is -4.20. The van der Waals surface area contributed by atoms with Crippen molar-refractivity contribution in [1.29, 1.82) is 0 Å². The van der Waals surface area contributed by atoms with Crippen LogP contribution >= 0.6 is 0 Å². The molecule has 1 fully saturated rings. The molecule has 1 N–H and O–H groups in total. The largest absolute Gasteiger partial charge is 0.503 e. The zero-order valence-electron chi connectivity index (χ0n) is 21.7. The molecule has 1 atom stereocenters. The van der Waals surface area contributed by atoms with Crippen molar-refractivity contribution in [2.45, 2.75) is 12.6 Å². The number of aliphatic hydroxyl groups is 1. The van der Waals surface area contributed by atoms with E-state index in [1.165, 1.54) is 6.08 Å². The lowest BCUT2D eigenvalue weighted by atomic mass is 9.95. The molecule has 1 amide bonds. The van der Waals surface area contributed by atoms with Crippen molar-refractivity contribution < 1.29 is 24.2 Å². The van der Waals surface area contributed by atoms with Gasteiger partial charge in [-0.3, -0.25) is 14.5 Å². The number of ketones is 1. The Morgan fingerprint density at radius 1 is 0.949 bits per heavy atom. The fourth-order valence-corrected chi connectivity index (χ4v) is 4.90. The normalized spacial score (nSPS) is 18.2. The highest BCUT2D eigenvalue weighted by molar-refractivity contribution is 6.14. The smallest absolute Gasteiger partial charge is 0.290 e. The molecule has 7 nitrogen and oxygen atoms in total. The number of nitrogens with zero attached hydrogens (tertiary/aromatic N) is 2. The van der Waals surface area contributed by atoms with Gasteiger partial charge < -0.3 is 19.5 Å². The fourth-order valence-electron chi connectivity index (χ4n) is 4.90. The lowest BCUT2D eigenvalue weighted by Crippen LogP contribution is -2.43. The van der Waals surface area contributed by atoms with Gasteiger partial charge in [0.05, 0.1) is 24.8 Å². The fraction of sp³-hybridized carbons (Fsp3) is 0.250. The van der Waals surface area contributed by atoms with Crippen LogP contribution in [0.5, 0.6) is 5.75 Å². The summed E-state index contributed by atoms with van der Waals surface area (Å²) in [6, 6.07) is 26.0. The van der Waals surface area contributed by atoms with Crippen LogP contribution in [0.2, 0.25) is 0 Å². The van der Waals surface area contributed by atoms with Crippen LogP contribution in [0.25, 0.3) is 6.08 Å². The van der Waals surface area contributed by atoms with Crippen molar-refractivity contribution in [1.82, 2.24) is 9.80 Å². The quantitative estimate of drug-likeness (QED) is 0.392. The molecule has 7 heteroatoms. The minimum Gasteiger partial charge on any atom is -0.503 e. The Morgan fingerprint density at radius 3 is 2.41 bits per heavy atom. The predicted molar refractivity (Wildman–Crippen MR) is 149 cm³/mol. The van der Waals surface area contributed by atoms with Gasteiger partial charge in [-0.25, -0.2) is 0 Å². The third kappa shape index (κ3) is 6.45. The van der Waals surface area contributed by atoms with Crippen molar-refractivity contribution in [2.24, 2.45) is 0 Å². The Morgan fingerprint density at radius 2 is 1.67 bits per heavy atom. The SMILES string of the molecule is O=C(C=Cc1ccccc1)C1=C(O)C(=O)N(CCN2CCOCC2)C1c1cccc(OCc2ccccc2)c1. The van der Waals surface area contributed by atoms with Gasteiger partial charge in [0.1, 0.15) is 12.4 Å². The van der Waals surface area contributed by atoms with Gasteiger partial charge in [0.25, 0.3) is 5.91 Å². The second kappa shape index (κ2) is 12.6. The maximum atomic E-state index is 13.5. The third-order valence-electron chi connectivity index (χ3n) is 6.98. The predicted octanol–water partition coefficient (Wildman–Crippen LogP) is 4.58. The molecular formula is C32H32N2O5. The topological polar surface area (TPSA) is 79.3 Å². The summed E-state index contributed by atoms with van der Waals surface area (Å²) in [7, 11) is 0. The monoisotopic (exact) mass is 524 g/mol. The van der Waals surface area contributed by atoms with Crippen LogP contribution in [-0.4, -0.2) is 66.0 Å². The van der Waals surface area contributed by atoms with Crippen LogP contribution in [0, 0.1) is 0 Å². The van der Waals surface area contributed by atoms with Gasteiger partial charge in [-0.05, 0) is 34.9 Å². The molecule has 2 aliphatic rings. The molecule has 39 heavy (non-hydrogen) atoms. The van der Waals surface area contributed by atoms with Crippen molar-refractivity contribution in [3.05, 3.63) is 119 Å². The van der Waals surface area contributed by atoms with Crippen LogP contribution in [0.1, 0.15) is 22.7 Å². The molecule has 0 bridgehead atoms. The Labute approximate surface area is 228 Å². The number of allylic oxidation sites excluding steroid dienone is 1. The summed E-state index contributed by atoms with van der Waals surface area (Å²) in [5.41, 5.74) is 2.67. The Balaban J connectivity index is 1.42. The van der Waals surface area contributed by atoms with Gasteiger partial charge >= 0.3 is 0 Å². The van der Waals surface area contributed by atoms with Crippen molar-refractivity contribution in [3.63, 3.8) is 0 Å². The van der Waals surface area contributed by atoms with Crippen LogP contribution in [0.3, 0.4) is 0 Å². The molecule has 1 unspecified atom stereocenters. The van der Waals surface area contributed by atoms with E-state index in [-0.39, 0.29) is 5.57 Å². The zero-order valence-corrected chi connectivity index (χ0v) is 21.7. The molecular weight excluding hydrogens is 492 g/mol. The maximum absolute atomic E-state index is 13.5. The van der Waals surface area contributed by atoms with Gasteiger partial charge in [-0.15, -0.1) is 0 Å². The van der Waals surface area contributed by atoms with Crippen molar-refractivity contribution in [2.75, 3.05) is 39.4 Å². The number of morpholine rings is 1. The van der Waals surface area contributed by atoms with E-state index in [2.05, 4.69) is 4.90 Å². The molecule has 5 rings (SSSR count). The number of carbonyl (C=O) groups excluding carboxylic acids is 2. The van der Waals surface area contributed by atoms with E-state index < -0.39 is 23.5 Å². The highest BCUT2D eigenvalue weighted by Crippen LogP contribution is 2.39. The summed E-state index contributed by atoms with van der Waals surface area (Å²) in [6.45, 7) is 4.22. The summed E-state index contributed by atoms with van der Waals surface area (Å²) in [4.78, 5) is 30.6. The van der Waals surface area contributed by atoms with Crippen LogP contribution in [0.4, 0.5) is 0 Å². The Bertz CT molecular complexity index is 1350. The summed E-state index contributed by atoms with van der Waals surface area (Å²) >= 11 is 0. The molecule has 3 aromatic carbocycles. The number of carbonyl (C=O) groups is 2. The van der Waals surface area contributed by atoms with Crippen molar-refractivity contribution in [3.8, 4) is 5.75 Å².